The first-order valence-electron chi connectivity index (χ1n) is 11.1. The number of methoxy groups -OCH3 is 2. The molecule has 0 fully saturated rings. The first-order chi connectivity index (χ1) is 17.0. The Morgan fingerprint density at radius 1 is 1.11 bits per heavy atom. The minimum atomic E-state index is -0.367. The number of nitrogens with one attached hydrogen (secondary N) is 1. The van der Waals surface area contributed by atoms with Gasteiger partial charge in [-0.05, 0) is 48.7 Å². The molecule has 10 heteroatoms. The lowest BCUT2D eigenvalue weighted by Crippen LogP contribution is -2.36. The molecule has 2 aromatic carbocycles. The number of aromatic nitrogens is 1. The van der Waals surface area contributed by atoms with Crippen molar-refractivity contribution >= 4 is 34.3 Å². The number of carbonyl (C=O) groups is 2. The third-order valence-corrected chi connectivity index (χ3v) is 6.78. The molecule has 1 unspecified atom stereocenters. The predicted molar refractivity (Wildman–Crippen MR) is 134 cm³/mol. The molecule has 1 aliphatic rings. The van der Waals surface area contributed by atoms with Crippen molar-refractivity contribution in [3.05, 3.63) is 71.6 Å². The average Bonchev–Trinajstić information content (AvgIpc) is 3.43. The van der Waals surface area contributed by atoms with Crippen LogP contribution in [-0.4, -0.2) is 53.0 Å². The van der Waals surface area contributed by atoms with Crippen LogP contribution in [0, 0.1) is 0 Å². The number of anilines is 1. The summed E-state index contributed by atoms with van der Waals surface area (Å²) in [4.78, 5) is 24.8. The third kappa shape index (κ3) is 5.65. The van der Waals surface area contributed by atoms with Gasteiger partial charge in [0.15, 0.2) is 11.5 Å². The molecule has 9 nitrogen and oxygen atoms in total. The summed E-state index contributed by atoms with van der Waals surface area (Å²) in [6.07, 6.45) is 2.81. The highest BCUT2D eigenvalue weighted by Crippen LogP contribution is 2.33. The molecule has 2 amide bonds. The number of hydrogen-bond acceptors (Lipinski definition) is 8. The van der Waals surface area contributed by atoms with E-state index in [1.165, 1.54) is 29.0 Å². The number of carbonyl (C=O) groups excluding carboxylic acids is 2. The maximum absolute atomic E-state index is 12.7. The minimum Gasteiger partial charge on any atom is -0.493 e. The van der Waals surface area contributed by atoms with E-state index in [9.17, 15) is 9.59 Å². The summed E-state index contributed by atoms with van der Waals surface area (Å²) in [5, 5.41) is 12.4. The van der Waals surface area contributed by atoms with Gasteiger partial charge in [-0.1, -0.05) is 36.0 Å². The van der Waals surface area contributed by atoms with Gasteiger partial charge < -0.3 is 19.3 Å². The van der Waals surface area contributed by atoms with Crippen LogP contribution < -0.4 is 14.8 Å². The zero-order chi connectivity index (χ0) is 24.8. The van der Waals surface area contributed by atoms with E-state index in [4.69, 9.17) is 19.1 Å². The molecule has 1 N–H and O–H groups in total. The number of rotatable bonds is 9. The van der Waals surface area contributed by atoms with Crippen LogP contribution in [0.25, 0.3) is 0 Å². The zero-order valence-corrected chi connectivity index (χ0v) is 20.5. The number of thioether (sulfide) groups is 1. The molecule has 0 aliphatic carbocycles. The first kappa shape index (κ1) is 24.3. The Morgan fingerprint density at radius 2 is 1.89 bits per heavy atom. The van der Waals surface area contributed by atoms with Gasteiger partial charge in [-0.25, -0.2) is 5.01 Å². The van der Waals surface area contributed by atoms with Crippen LogP contribution in [0.15, 0.2) is 64.4 Å². The quantitative estimate of drug-likeness (QED) is 0.454. The molecule has 182 valence electrons. The second-order valence-corrected chi connectivity index (χ2v) is 8.89. The van der Waals surface area contributed by atoms with Gasteiger partial charge in [0.25, 0.3) is 5.91 Å². The van der Waals surface area contributed by atoms with Crippen LogP contribution in [0.2, 0.25) is 0 Å². The number of amides is 2. The maximum Gasteiger partial charge on any atom is 0.302 e. The minimum absolute atomic E-state index is 0.0379. The van der Waals surface area contributed by atoms with Crippen molar-refractivity contribution in [2.45, 2.75) is 25.0 Å². The molecule has 1 aliphatic heterocycles. The van der Waals surface area contributed by atoms with E-state index in [0.29, 0.717) is 30.2 Å². The van der Waals surface area contributed by atoms with E-state index < -0.39 is 0 Å². The Bertz CT molecular complexity index is 1210. The average molecular weight is 495 g/mol. The van der Waals surface area contributed by atoms with Crippen LogP contribution in [0.4, 0.5) is 10.5 Å². The molecule has 2 heterocycles. The van der Waals surface area contributed by atoms with Crippen LogP contribution in [0.3, 0.4) is 0 Å². The lowest BCUT2D eigenvalue weighted by molar-refractivity contribution is 0.0988. The fraction of sp³-hybridized carbons (Fsp3) is 0.280. The first-order valence-corrected chi connectivity index (χ1v) is 12.0. The standard InChI is InChI=1S/C25H26N4O5S/c1-4-22-23(17-7-10-19(32-2)21(15-17)33-3)28-29(25(31)35-22)14-12-16-5-8-18(9-6-16)27-24(30)20-11-13-26-34-20/h5-11,13,15,22H,4,12,14H2,1-3H3,(H,27,30). The molecule has 0 radical (unpaired) electrons. The van der Waals surface area contributed by atoms with Gasteiger partial charge in [0.05, 0.1) is 31.4 Å². The van der Waals surface area contributed by atoms with E-state index in [0.717, 1.165) is 23.3 Å². The van der Waals surface area contributed by atoms with Crippen molar-refractivity contribution in [2.75, 3.05) is 26.1 Å². The monoisotopic (exact) mass is 494 g/mol. The van der Waals surface area contributed by atoms with E-state index in [-0.39, 0.29) is 22.2 Å². The van der Waals surface area contributed by atoms with Crippen LogP contribution >= 0.6 is 11.8 Å². The highest BCUT2D eigenvalue weighted by atomic mass is 32.2. The molecule has 0 saturated carbocycles. The zero-order valence-electron chi connectivity index (χ0n) is 19.7. The van der Waals surface area contributed by atoms with Gasteiger partial charge in [-0.2, -0.15) is 5.10 Å². The van der Waals surface area contributed by atoms with Gasteiger partial charge in [0.2, 0.25) is 5.76 Å². The topological polar surface area (TPSA) is 106 Å². The van der Waals surface area contributed by atoms with Crippen LogP contribution in [-0.2, 0) is 6.42 Å². The summed E-state index contributed by atoms with van der Waals surface area (Å²) in [6.45, 7) is 2.47. The van der Waals surface area contributed by atoms with E-state index in [1.54, 1.807) is 14.2 Å². The smallest absolute Gasteiger partial charge is 0.302 e. The van der Waals surface area contributed by atoms with Gasteiger partial charge in [0, 0.05) is 23.9 Å². The Labute approximate surface area is 207 Å². The Morgan fingerprint density at radius 3 is 2.54 bits per heavy atom. The Balaban J connectivity index is 1.45. The number of benzene rings is 2. The number of hydrogen-bond donors (Lipinski definition) is 1. The molecular weight excluding hydrogens is 468 g/mol. The van der Waals surface area contributed by atoms with Gasteiger partial charge in [-0.3, -0.25) is 9.59 Å². The SMILES string of the molecule is CCC1SC(=O)N(CCc2ccc(NC(=O)c3ccno3)cc2)N=C1c1ccc(OC)c(OC)c1. The van der Waals surface area contributed by atoms with Crippen molar-refractivity contribution in [3.8, 4) is 11.5 Å². The van der Waals surface area contributed by atoms with Crippen LogP contribution in [0.5, 0.6) is 11.5 Å². The normalized spacial score (nSPS) is 15.5. The number of hydrazone groups is 1. The number of nitrogens with zero attached hydrogens (tertiary/aromatic N) is 3. The summed E-state index contributed by atoms with van der Waals surface area (Å²) in [5.41, 5.74) is 3.38. The summed E-state index contributed by atoms with van der Waals surface area (Å²) >= 11 is 1.29. The molecule has 4 rings (SSSR count). The van der Waals surface area contributed by atoms with Gasteiger partial charge in [-0.15, -0.1) is 0 Å². The lowest BCUT2D eigenvalue weighted by Gasteiger charge is -2.28. The van der Waals surface area contributed by atoms with Crippen molar-refractivity contribution in [2.24, 2.45) is 5.10 Å². The second-order valence-electron chi connectivity index (χ2n) is 7.74. The fourth-order valence-electron chi connectivity index (χ4n) is 3.65. The molecule has 35 heavy (non-hydrogen) atoms. The lowest BCUT2D eigenvalue weighted by atomic mass is 10.0. The van der Waals surface area contributed by atoms with Crippen molar-refractivity contribution in [1.29, 1.82) is 0 Å². The highest BCUT2D eigenvalue weighted by molar-refractivity contribution is 8.14. The van der Waals surface area contributed by atoms with E-state index in [1.807, 2.05) is 49.4 Å². The van der Waals surface area contributed by atoms with Gasteiger partial charge in [0.1, 0.15) is 0 Å². The Hall–Kier alpha value is -3.79. The molecule has 0 saturated heterocycles. The van der Waals surface area contributed by atoms with Crippen molar-refractivity contribution < 1.29 is 23.6 Å². The number of ether oxygens (including phenoxy) is 2. The van der Waals surface area contributed by atoms with Crippen molar-refractivity contribution in [1.82, 2.24) is 10.2 Å². The molecule has 3 aromatic rings. The summed E-state index contributed by atoms with van der Waals surface area (Å²) < 4.78 is 15.6. The summed E-state index contributed by atoms with van der Waals surface area (Å²) in [7, 11) is 3.19. The van der Waals surface area contributed by atoms with E-state index in [2.05, 4.69) is 10.5 Å². The largest absolute Gasteiger partial charge is 0.493 e. The van der Waals surface area contributed by atoms with Gasteiger partial charge >= 0.3 is 5.24 Å². The van der Waals surface area contributed by atoms with Crippen LogP contribution in [0.1, 0.15) is 35.0 Å². The van der Waals surface area contributed by atoms with Crippen molar-refractivity contribution in [3.63, 3.8) is 0 Å². The molecule has 1 atom stereocenters. The molecule has 0 spiro atoms. The Kier molecular flexibility index (Phi) is 7.71. The predicted octanol–water partition coefficient (Wildman–Crippen LogP) is 4.84. The molecule has 0 bridgehead atoms. The van der Waals surface area contributed by atoms with E-state index >= 15 is 0 Å². The molecular formula is C25H26N4O5S. The fourth-order valence-corrected chi connectivity index (χ4v) is 4.60. The maximum atomic E-state index is 12.7. The highest BCUT2D eigenvalue weighted by Gasteiger charge is 2.30. The molecule has 1 aromatic heterocycles. The third-order valence-electron chi connectivity index (χ3n) is 5.52. The second kappa shape index (κ2) is 11.1. The summed E-state index contributed by atoms with van der Waals surface area (Å²) in [5.74, 6) is 1.03. The summed E-state index contributed by atoms with van der Waals surface area (Å²) in [6, 6.07) is 14.6.